The second kappa shape index (κ2) is 6.32. The zero-order chi connectivity index (χ0) is 12.0. The minimum atomic E-state index is -0.340. The average molecular weight is 228 g/mol. The fourth-order valence-electron chi connectivity index (χ4n) is 1.73. The second-order valence-electron chi connectivity index (χ2n) is 4.00. The summed E-state index contributed by atoms with van der Waals surface area (Å²) in [6.45, 7) is 4.61. The lowest BCUT2D eigenvalue weighted by molar-refractivity contribution is -0.118. The normalized spacial score (nSPS) is 20.6. The van der Waals surface area contributed by atoms with Crippen LogP contribution in [-0.4, -0.2) is 49.1 Å². The molecule has 16 heavy (non-hydrogen) atoms. The van der Waals surface area contributed by atoms with Gasteiger partial charge in [0, 0.05) is 38.6 Å². The van der Waals surface area contributed by atoms with Crippen molar-refractivity contribution in [3.05, 3.63) is 0 Å². The van der Waals surface area contributed by atoms with Crippen LogP contribution in [0.1, 0.15) is 19.8 Å². The number of primary amides is 1. The molecular formula is C10H20N4O2. The van der Waals surface area contributed by atoms with Crippen molar-refractivity contribution >= 4 is 11.9 Å². The number of hydrogen-bond acceptors (Lipinski definition) is 3. The summed E-state index contributed by atoms with van der Waals surface area (Å²) in [6, 6.07) is -0.0727. The van der Waals surface area contributed by atoms with Gasteiger partial charge in [0.2, 0.25) is 5.91 Å². The Hall–Kier alpha value is -1.30. The van der Waals surface area contributed by atoms with Crippen LogP contribution in [0.5, 0.6) is 0 Å². The van der Waals surface area contributed by atoms with Crippen LogP contribution in [0.2, 0.25) is 0 Å². The molecule has 0 aromatic heterocycles. The molecule has 0 aromatic carbocycles. The number of urea groups is 1. The van der Waals surface area contributed by atoms with Crippen molar-refractivity contribution in [3.8, 4) is 0 Å². The molecule has 1 aliphatic heterocycles. The minimum absolute atomic E-state index is 0.0152. The van der Waals surface area contributed by atoms with Crippen LogP contribution in [0.3, 0.4) is 0 Å². The average Bonchev–Trinajstić information content (AvgIpc) is 2.25. The predicted octanol–water partition coefficient (Wildman–Crippen LogP) is -0.745. The van der Waals surface area contributed by atoms with Gasteiger partial charge in [0.05, 0.1) is 0 Å². The van der Waals surface area contributed by atoms with Crippen LogP contribution in [0.15, 0.2) is 0 Å². The molecule has 0 radical (unpaired) electrons. The van der Waals surface area contributed by atoms with E-state index < -0.39 is 0 Å². The molecule has 1 fully saturated rings. The Morgan fingerprint density at radius 2 is 2.31 bits per heavy atom. The Kier molecular flexibility index (Phi) is 5.04. The molecule has 0 saturated carbocycles. The highest BCUT2D eigenvalue weighted by Gasteiger charge is 2.23. The van der Waals surface area contributed by atoms with Crippen molar-refractivity contribution in [2.45, 2.75) is 25.8 Å². The monoisotopic (exact) mass is 228 g/mol. The van der Waals surface area contributed by atoms with Gasteiger partial charge in [-0.15, -0.1) is 0 Å². The number of hydrogen-bond donors (Lipinski definition) is 3. The third-order valence-corrected chi connectivity index (χ3v) is 2.52. The van der Waals surface area contributed by atoms with Gasteiger partial charge < -0.3 is 21.3 Å². The van der Waals surface area contributed by atoms with Gasteiger partial charge in [0.1, 0.15) is 0 Å². The third-order valence-electron chi connectivity index (χ3n) is 2.52. The van der Waals surface area contributed by atoms with Gasteiger partial charge in [0.25, 0.3) is 0 Å². The fraction of sp³-hybridized carbons (Fsp3) is 0.800. The molecule has 0 spiro atoms. The largest absolute Gasteiger partial charge is 0.370 e. The maximum absolute atomic E-state index is 11.7. The smallest absolute Gasteiger partial charge is 0.317 e. The van der Waals surface area contributed by atoms with E-state index in [1.807, 2.05) is 6.92 Å². The standard InChI is InChI=1S/C10H20N4O2/c1-2-3-13-10(16)14-5-4-12-8(7-14)6-9(11)15/h8,12H,2-7H2,1H3,(H2,11,15)(H,13,16). The molecule has 1 unspecified atom stereocenters. The Morgan fingerprint density at radius 1 is 1.56 bits per heavy atom. The van der Waals surface area contributed by atoms with Gasteiger partial charge >= 0.3 is 6.03 Å². The Labute approximate surface area is 95.5 Å². The molecule has 4 N–H and O–H groups in total. The van der Waals surface area contributed by atoms with Gasteiger partial charge in [-0.05, 0) is 6.42 Å². The van der Waals surface area contributed by atoms with E-state index in [0.29, 0.717) is 26.2 Å². The van der Waals surface area contributed by atoms with Crippen molar-refractivity contribution in [1.29, 1.82) is 0 Å². The summed E-state index contributed by atoms with van der Waals surface area (Å²) in [7, 11) is 0. The maximum atomic E-state index is 11.7. The summed E-state index contributed by atoms with van der Waals surface area (Å²) in [5.74, 6) is -0.340. The molecule has 1 heterocycles. The maximum Gasteiger partial charge on any atom is 0.317 e. The molecular weight excluding hydrogens is 208 g/mol. The highest BCUT2D eigenvalue weighted by Crippen LogP contribution is 2.02. The van der Waals surface area contributed by atoms with Gasteiger partial charge in [-0.1, -0.05) is 6.92 Å². The van der Waals surface area contributed by atoms with E-state index in [-0.39, 0.29) is 24.4 Å². The van der Waals surface area contributed by atoms with Gasteiger partial charge in [-0.3, -0.25) is 4.79 Å². The molecule has 1 saturated heterocycles. The molecule has 92 valence electrons. The zero-order valence-electron chi connectivity index (χ0n) is 9.66. The SMILES string of the molecule is CCCNC(=O)N1CCNC(CC(N)=O)C1. The minimum Gasteiger partial charge on any atom is -0.370 e. The summed E-state index contributed by atoms with van der Waals surface area (Å²) >= 11 is 0. The zero-order valence-corrected chi connectivity index (χ0v) is 9.66. The Balaban J connectivity index is 2.37. The van der Waals surface area contributed by atoms with Crippen molar-refractivity contribution in [3.63, 3.8) is 0 Å². The molecule has 0 aromatic rings. The lowest BCUT2D eigenvalue weighted by Crippen LogP contribution is -2.55. The van der Waals surface area contributed by atoms with E-state index in [2.05, 4.69) is 10.6 Å². The number of amides is 3. The molecule has 0 aliphatic carbocycles. The number of carbonyl (C=O) groups is 2. The first-order chi connectivity index (χ1) is 7.63. The summed E-state index contributed by atoms with van der Waals surface area (Å²) < 4.78 is 0. The highest BCUT2D eigenvalue weighted by molar-refractivity contribution is 5.76. The van der Waals surface area contributed by atoms with E-state index >= 15 is 0 Å². The first kappa shape index (κ1) is 12.8. The van der Waals surface area contributed by atoms with Crippen LogP contribution in [0.4, 0.5) is 4.79 Å². The topological polar surface area (TPSA) is 87.5 Å². The second-order valence-corrected chi connectivity index (χ2v) is 4.00. The number of nitrogens with one attached hydrogen (secondary N) is 2. The summed E-state index contributed by atoms with van der Waals surface area (Å²) in [4.78, 5) is 24.2. The molecule has 6 heteroatoms. The van der Waals surface area contributed by atoms with Gasteiger partial charge in [-0.2, -0.15) is 0 Å². The number of piperazine rings is 1. The number of rotatable bonds is 4. The van der Waals surface area contributed by atoms with Gasteiger partial charge in [0.15, 0.2) is 0 Å². The van der Waals surface area contributed by atoms with Crippen molar-refractivity contribution in [2.24, 2.45) is 5.73 Å². The van der Waals surface area contributed by atoms with Crippen molar-refractivity contribution in [2.75, 3.05) is 26.2 Å². The van der Waals surface area contributed by atoms with Crippen molar-refractivity contribution < 1.29 is 9.59 Å². The highest BCUT2D eigenvalue weighted by atomic mass is 16.2. The van der Waals surface area contributed by atoms with Crippen LogP contribution >= 0.6 is 0 Å². The number of nitrogens with zero attached hydrogens (tertiary/aromatic N) is 1. The lowest BCUT2D eigenvalue weighted by atomic mass is 10.1. The van der Waals surface area contributed by atoms with Gasteiger partial charge in [-0.25, -0.2) is 4.79 Å². The number of carbonyl (C=O) groups excluding carboxylic acids is 2. The quantitative estimate of drug-likeness (QED) is 0.592. The van der Waals surface area contributed by atoms with E-state index in [0.717, 1.165) is 6.42 Å². The summed E-state index contributed by atoms with van der Waals surface area (Å²) in [5.41, 5.74) is 5.13. The summed E-state index contributed by atoms with van der Waals surface area (Å²) in [5, 5.41) is 5.99. The molecule has 0 bridgehead atoms. The molecule has 1 rings (SSSR count). The lowest BCUT2D eigenvalue weighted by Gasteiger charge is -2.33. The molecule has 6 nitrogen and oxygen atoms in total. The first-order valence-corrected chi connectivity index (χ1v) is 5.68. The Bertz CT molecular complexity index is 257. The van der Waals surface area contributed by atoms with E-state index in [9.17, 15) is 9.59 Å². The third kappa shape index (κ3) is 4.06. The van der Waals surface area contributed by atoms with Crippen LogP contribution < -0.4 is 16.4 Å². The molecule has 1 aliphatic rings. The molecule has 3 amide bonds. The van der Waals surface area contributed by atoms with Crippen LogP contribution in [-0.2, 0) is 4.79 Å². The number of nitrogens with two attached hydrogens (primary N) is 1. The molecule has 1 atom stereocenters. The van der Waals surface area contributed by atoms with Crippen molar-refractivity contribution in [1.82, 2.24) is 15.5 Å². The first-order valence-electron chi connectivity index (χ1n) is 5.68. The van der Waals surface area contributed by atoms with E-state index in [4.69, 9.17) is 5.73 Å². The van der Waals surface area contributed by atoms with Crippen LogP contribution in [0.25, 0.3) is 0 Å². The van der Waals surface area contributed by atoms with Crippen LogP contribution in [0, 0.1) is 0 Å². The fourth-order valence-corrected chi connectivity index (χ4v) is 1.73. The predicted molar refractivity (Wildman–Crippen MR) is 60.9 cm³/mol. The van der Waals surface area contributed by atoms with E-state index in [1.54, 1.807) is 4.90 Å². The summed E-state index contributed by atoms with van der Waals surface area (Å²) in [6.07, 6.45) is 1.19. The van der Waals surface area contributed by atoms with E-state index in [1.165, 1.54) is 0 Å². The Morgan fingerprint density at radius 3 is 2.94 bits per heavy atom.